The monoisotopic (exact) mass is 431 g/mol. The number of aliphatic imine (C=N–C) groups is 1. The van der Waals surface area contributed by atoms with Gasteiger partial charge in [0.15, 0.2) is 5.96 Å². The Morgan fingerprint density at radius 3 is 2.48 bits per heavy atom. The van der Waals surface area contributed by atoms with Crippen molar-refractivity contribution in [3.05, 3.63) is 29.3 Å². The lowest BCUT2D eigenvalue weighted by Crippen LogP contribution is -2.46. The fourth-order valence-electron chi connectivity index (χ4n) is 3.70. The van der Waals surface area contributed by atoms with E-state index >= 15 is 0 Å². The highest BCUT2D eigenvalue weighted by Crippen LogP contribution is 2.23. The molecule has 1 aromatic carbocycles. The van der Waals surface area contributed by atoms with Gasteiger partial charge in [-0.05, 0) is 64.8 Å². The predicted octanol–water partition coefficient (Wildman–Crippen LogP) is 3.65. The van der Waals surface area contributed by atoms with Gasteiger partial charge in [0.25, 0.3) is 0 Å². The Kier molecular flexibility index (Phi) is 11.8. The van der Waals surface area contributed by atoms with Crippen LogP contribution in [0.1, 0.15) is 58.1 Å². The van der Waals surface area contributed by atoms with Crippen molar-refractivity contribution >= 4 is 5.96 Å². The van der Waals surface area contributed by atoms with Crippen LogP contribution < -0.4 is 15.4 Å². The first-order valence-corrected chi connectivity index (χ1v) is 12.3. The molecule has 1 saturated heterocycles. The van der Waals surface area contributed by atoms with Crippen LogP contribution >= 0.6 is 0 Å². The van der Waals surface area contributed by atoms with E-state index in [4.69, 9.17) is 9.73 Å². The number of hydrogen-bond donors (Lipinski definition) is 2. The number of hydrogen-bond acceptors (Lipinski definition) is 4. The van der Waals surface area contributed by atoms with Crippen LogP contribution in [-0.4, -0.2) is 74.2 Å². The number of unbranched alkanes of at least 4 members (excludes halogenated alkanes) is 1. The van der Waals surface area contributed by atoms with Crippen molar-refractivity contribution in [2.45, 2.75) is 66.5 Å². The largest absolute Gasteiger partial charge is 0.490 e. The molecule has 1 aliphatic heterocycles. The van der Waals surface area contributed by atoms with E-state index in [2.05, 4.69) is 73.3 Å². The summed E-state index contributed by atoms with van der Waals surface area (Å²) in [4.78, 5) is 9.94. The van der Waals surface area contributed by atoms with E-state index in [0.29, 0.717) is 6.54 Å². The first-order chi connectivity index (χ1) is 15.0. The van der Waals surface area contributed by atoms with Crippen LogP contribution in [0.5, 0.6) is 5.75 Å². The van der Waals surface area contributed by atoms with E-state index in [1.807, 2.05) is 0 Å². The van der Waals surface area contributed by atoms with E-state index in [1.54, 1.807) is 0 Å². The Balaban J connectivity index is 1.79. The predicted molar refractivity (Wildman–Crippen MR) is 132 cm³/mol. The maximum atomic E-state index is 6.13. The third-order valence-electron chi connectivity index (χ3n) is 5.98. The molecule has 0 radical (unpaired) electrons. The topological polar surface area (TPSA) is 52.1 Å². The molecule has 1 aromatic rings. The van der Waals surface area contributed by atoms with Crippen molar-refractivity contribution in [3.8, 4) is 5.75 Å². The van der Waals surface area contributed by atoms with Crippen molar-refractivity contribution in [1.29, 1.82) is 0 Å². The lowest BCUT2D eigenvalue weighted by molar-refractivity contribution is 0.136. The van der Waals surface area contributed by atoms with Crippen LogP contribution in [0.2, 0.25) is 0 Å². The molecule has 0 bridgehead atoms. The van der Waals surface area contributed by atoms with Crippen LogP contribution in [0.15, 0.2) is 23.2 Å². The van der Waals surface area contributed by atoms with Gasteiger partial charge in [-0.2, -0.15) is 0 Å². The van der Waals surface area contributed by atoms with Crippen LogP contribution in [0.25, 0.3) is 0 Å². The Hall–Kier alpha value is -1.79. The molecule has 0 aromatic heterocycles. The molecule has 2 rings (SSSR count). The van der Waals surface area contributed by atoms with Crippen LogP contribution in [-0.2, 0) is 6.54 Å². The van der Waals surface area contributed by atoms with Gasteiger partial charge in [-0.3, -0.25) is 0 Å². The molecule has 0 aliphatic carbocycles. The van der Waals surface area contributed by atoms with Gasteiger partial charge < -0.3 is 25.2 Å². The molecular formula is C25H45N5O. The van der Waals surface area contributed by atoms with Crippen molar-refractivity contribution in [2.24, 2.45) is 4.99 Å². The molecule has 176 valence electrons. The second-order valence-electron chi connectivity index (χ2n) is 8.55. The van der Waals surface area contributed by atoms with Gasteiger partial charge in [-0.25, -0.2) is 4.99 Å². The lowest BCUT2D eigenvalue weighted by atomic mass is 10.1. The first kappa shape index (κ1) is 25.5. The molecule has 1 fully saturated rings. The fraction of sp³-hybridized carbons (Fsp3) is 0.720. The van der Waals surface area contributed by atoms with E-state index < -0.39 is 0 Å². The first-order valence-electron chi connectivity index (χ1n) is 12.3. The molecule has 1 aliphatic rings. The maximum Gasteiger partial charge on any atom is 0.191 e. The summed E-state index contributed by atoms with van der Waals surface area (Å²) in [6, 6.07) is 6.39. The number of benzene rings is 1. The van der Waals surface area contributed by atoms with Crippen LogP contribution in [0, 0.1) is 6.92 Å². The molecule has 6 nitrogen and oxygen atoms in total. The van der Waals surface area contributed by atoms with Gasteiger partial charge in [0.2, 0.25) is 0 Å². The van der Waals surface area contributed by atoms with Gasteiger partial charge in [0, 0.05) is 44.8 Å². The summed E-state index contributed by atoms with van der Waals surface area (Å²) in [7, 11) is 0. The summed E-state index contributed by atoms with van der Waals surface area (Å²) in [6.45, 7) is 20.4. The van der Waals surface area contributed by atoms with E-state index in [0.717, 1.165) is 43.2 Å². The van der Waals surface area contributed by atoms with E-state index in [9.17, 15) is 0 Å². The zero-order chi connectivity index (χ0) is 22.5. The average molecular weight is 432 g/mol. The number of aryl methyl sites for hydroxylation is 1. The smallest absolute Gasteiger partial charge is 0.191 e. The van der Waals surface area contributed by atoms with Gasteiger partial charge in [0.05, 0.1) is 12.6 Å². The maximum absolute atomic E-state index is 6.13. The molecule has 1 heterocycles. The normalized spacial score (nSPS) is 16.9. The molecular weight excluding hydrogens is 386 g/mol. The number of nitrogens with zero attached hydrogens (tertiary/aromatic N) is 3. The minimum absolute atomic E-state index is 0.209. The number of piperazine rings is 1. The summed E-state index contributed by atoms with van der Waals surface area (Å²) < 4.78 is 6.13. The number of rotatable bonds is 12. The van der Waals surface area contributed by atoms with Gasteiger partial charge >= 0.3 is 0 Å². The summed E-state index contributed by atoms with van der Waals surface area (Å²) >= 11 is 0. The fourth-order valence-corrected chi connectivity index (χ4v) is 3.70. The Morgan fingerprint density at radius 1 is 1.06 bits per heavy atom. The van der Waals surface area contributed by atoms with Crippen LogP contribution in [0.4, 0.5) is 0 Å². The zero-order valence-corrected chi connectivity index (χ0v) is 20.5. The SMILES string of the molecule is CCNC(=NCc1ccc(C)cc1OC(C)CC)NCCCCN1CCN(CC)CC1. The highest BCUT2D eigenvalue weighted by molar-refractivity contribution is 5.79. The molecule has 31 heavy (non-hydrogen) atoms. The Bertz CT molecular complexity index is 655. The summed E-state index contributed by atoms with van der Waals surface area (Å²) in [5, 5.41) is 6.87. The van der Waals surface area contributed by atoms with Gasteiger partial charge in [-0.15, -0.1) is 0 Å². The molecule has 1 atom stereocenters. The highest BCUT2D eigenvalue weighted by atomic mass is 16.5. The minimum atomic E-state index is 0.209. The number of ether oxygens (including phenoxy) is 1. The number of guanidine groups is 1. The molecule has 1 unspecified atom stereocenters. The zero-order valence-electron chi connectivity index (χ0n) is 20.5. The molecule has 6 heteroatoms. The second-order valence-corrected chi connectivity index (χ2v) is 8.55. The highest BCUT2D eigenvalue weighted by Gasteiger charge is 2.14. The van der Waals surface area contributed by atoms with Crippen LogP contribution in [0.3, 0.4) is 0 Å². The molecule has 0 spiro atoms. The number of likely N-dealkylation sites (N-methyl/N-ethyl adjacent to an activating group) is 1. The van der Waals surface area contributed by atoms with E-state index in [1.165, 1.54) is 51.3 Å². The average Bonchev–Trinajstić information content (AvgIpc) is 2.78. The van der Waals surface area contributed by atoms with Crippen molar-refractivity contribution in [3.63, 3.8) is 0 Å². The van der Waals surface area contributed by atoms with Gasteiger partial charge in [-0.1, -0.05) is 26.0 Å². The quantitative estimate of drug-likeness (QED) is 0.301. The van der Waals surface area contributed by atoms with Crippen molar-refractivity contribution < 1.29 is 4.74 Å². The third kappa shape index (κ3) is 9.48. The Morgan fingerprint density at radius 2 is 1.81 bits per heavy atom. The second kappa shape index (κ2) is 14.3. The Labute approximate surface area is 190 Å². The summed E-state index contributed by atoms with van der Waals surface area (Å²) in [5.74, 6) is 1.84. The molecule has 0 amide bonds. The standard InChI is InChI=1S/C25H45N5O/c1-6-22(5)31-24-19-21(4)11-12-23(24)20-28-25(26-7-2)27-13-9-10-14-30-17-15-29(8-3)16-18-30/h11-12,19,22H,6-10,13-18,20H2,1-5H3,(H2,26,27,28). The molecule has 2 N–H and O–H groups in total. The number of nitrogens with one attached hydrogen (secondary N) is 2. The summed E-state index contributed by atoms with van der Waals surface area (Å²) in [5.41, 5.74) is 2.35. The minimum Gasteiger partial charge on any atom is -0.490 e. The van der Waals surface area contributed by atoms with E-state index in [-0.39, 0.29) is 6.10 Å². The van der Waals surface area contributed by atoms with Crippen molar-refractivity contribution in [2.75, 3.05) is 52.4 Å². The summed E-state index contributed by atoms with van der Waals surface area (Å²) in [6.07, 6.45) is 3.59. The third-order valence-corrected chi connectivity index (χ3v) is 5.98. The van der Waals surface area contributed by atoms with Gasteiger partial charge in [0.1, 0.15) is 5.75 Å². The van der Waals surface area contributed by atoms with Crippen molar-refractivity contribution in [1.82, 2.24) is 20.4 Å². The molecule has 0 saturated carbocycles. The lowest BCUT2D eigenvalue weighted by Gasteiger charge is -2.34.